The molecule has 0 atom stereocenters. The molecule has 6 nitrogen and oxygen atoms in total. The quantitative estimate of drug-likeness (QED) is 0.430. The highest BCUT2D eigenvalue weighted by molar-refractivity contribution is 9.12. The summed E-state index contributed by atoms with van der Waals surface area (Å²) in [6.07, 6.45) is 10.2. The maximum Gasteiger partial charge on any atom is 0.314 e. The van der Waals surface area contributed by atoms with Gasteiger partial charge in [0.1, 0.15) is 0 Å². The van der Waals surface area contributed by atoms with E-state index >= 15 is 0 Å². The van der Waals surface area contributed by atoms with Crippen molar-refractivity contribution in [2.24, 2.45) is 17.6 Å². The first-order valence-electron chi connectivity index (χ1n) is 12.7. The van der Waals surface area contributed by atoms with Gasteiger partial charge in [-0.25, -0.2) is 4.79 Å². The second-order valence-corrected chi connectivity index (χ2v) is 12.4. The number of nitrogens with one attached hydrogen (secondary N) is 1. The third-order valence-electron chi connectivity index (χ3n) is 7.97. The van der Waals surface area contributed by atoms with E-state index in [4.69, 9.17) is 17.3 Å². The summed E-state index contributed by atoms with van der Waals surface area (Å²) in [5, 5.41) is 4.32. The van der Waals surface area contributed by atoms with Crippen LogP contribution in [-0.4, -0.2) is 47.9 Å². The Morgan fingerprint density at radius 3 is 2.42 bits per heavy atom. The Kier molecular flexibility index (Phi) is 7.84. The minimum absolute atomic E-state index is 0.237. The van der Waals surface area contributed by atoms with Crippen molar-refractivity contribution in [3.8, 4) is 0 Å². The number of hydrogen-bond donors (Lipinski definition) is 2. The molecule has 1 aliphatic carbocycles. The van der Waals surface area contributed by atoms with E-state index in [1.165, 1.54) is 28.0 Å². The van der Waals surface area contributed by atoms with Gasteiger partial charge in [-0.05, 0) is 107 Å². The number of amides is 3. The van der Waals surface area contributed by atoms with Crippen molar-refractivity contribution >= 4 is 61.0 Å². The third-order valence-corrected chi connectivity index (χ3v) is 9.27. The van der Waals surface area contributed by atoms with Crippen LogP contribution in [-0.2, 0) is 11.2 Å². The normalized spacial score (nSPS) is 21.2. The number of hydrogen-bond acceptors (Lipinski definition) is 3. The Hall–Kier alpha value is -1.77. The van der Waals surface area contributed by atoms with Crippen molar-refractivity contribution in [1.82, 2.24) is 15.1 Å². The number of fused-ring (bicyclic) bond motifs is 2. The van der Waals surface area contributed by atoms with Gasteiger partial charge < -0.3 is 20.9 Å². The smallest absolute Gasteiger partial charge is 0.314 e. The monoisotopic (exact) mass is 636 g/mol. The predicted molar refractivity (Wildman–Crippen MR) is 150 cm³/mol. The van der Waals surface area contributed by atoms with Crippen LogP contribution in [0, 0.1) is 11.8 Å². The zero-order valence-corrected chi connectivity index (χ0v) is 24.1. The van der Waals surface area contributed by atoms with E-state index in [0.29, 0.717) is 31.3 Å². The topological polar surface area (TPSA) is 78.7 Å². The number of halogens is 3. The molecule has 2 fully saturated rings. The summed E-state index contributed by atoms with van der Waals surface area (Å²) in [6, 6.07) is 3.73. The summed E-state index contributed by atoms with van der Waals surface area (Å²) < 4.78 is 2.08. The molecular formula is C27H31Br2ClN4O2. The van der Waals surface area contributed by atoms with Crippen LogP contribution >= 0.6 is 43.5 Å². The minimum Gasteiger partial charge on any atom is -0.360 e. The summed E-state index contributed by atoms with van der Waals surface area (Å²) in [4.78, 5) is 28.2. The van der Waals surface area contributed by atoms with Crippen LogP contribution in [0.5, 0.6) is 0 Å². The summed E-state index contributed by atoms with van der Waals surface area (Å²) in [6.45, 7) is 2.83. The lowest BCUT2D eigenvalue weighted by Gasteiger charge is -2.36. The number of rotatable bonds is 3. The number of benzene rings is 1. The van der Waals surface area contributed by atoms with Gasteiger partial charge in [-0.2, -0.15) is 0 Å². The zero-order valence-electron chi connectivity index (χ0n) is 20.2. The molecule has 0 spiro atoms. The molecule has 0 saturated carbocycles. The van der Waals surface area contributed by atoms with Crippen LogP contribution in [0.3, 0.4) is 0 Å². The molecule has 3 N–H and O–H groups in total. The molecular weight excluding hydrogens is 608 g/mol. The molecule has 4 aliphatic rings. The highest BCUT2D eigenvalue weighted by Gasteiger charge is 2.33. The van der Waals surface area contributed by atoms with Crippen molar-refractivity contribution in [1.29, 1.82) is 0 Å². The largest absolute Gasteiger partial charge is 0.360 e. The van der Waals surface area contributed by atoms with E-state index in [2.05, 4.69) is 49.3 Å². The van der Waals surface area contributed by atoms with Crippen LogP contribution in [0.25, 0.3) is 5.57 Å². The average molecular weight is 639 g/mol. The van der Waals surface area contributed by atoms with Crippen molar-refractivity contribution in [2.75, 3.05) is 26.2 Å². The number of nitrogens with two attached hydrogens (primary N) is 1. The Morgan fingerprint density at radius 1 is 1.03 bits per heavy atom. The maximum atomic E-state index is 13.1. The van der Waals surface area contributed by atoms with E-state index < -0.39 is 0 Å². The van der Waals surface area contributed by atoms with Gasteiger partial charge in [0.15, 0.2) is 0 Å². The van der Waals surface area contributed by atoms with Gasteiger partial charge in [0.25, 0.3) is 0 Å². The number of dihydropyridines is 1. The summed E-state index contributed by atoms with van der Waals surface area (Å²) >= 11 is 13.9. The molecule has 3 heterocycles. The van der Waals surface area contributed by atoms with Crippen LogP contribution in [0.4, 0.5) is 4.79 Å². The lowest BCUT2D eigenvalue weighted by Crippen LogP contribution is -2.43. The van der Waals surface area contributed by atoms with Gasteiger partial charge in [-0.15, -0.1) is 0 Å². The van der Waals surface area contributed by atoms with E-state index in [9.17, 15) is 9.59 Å². The Morgan fingerprint density at radius 2 is 1.72 bits per heavy atom. The molecule has 0 bridgehead atoms. The maximum absolute atomic E-state index is 13.1. The Labute approximate surface area is 234 Å². The van der Waals surface area contributed by atoms with Crippen molar-refractivity contribution in [2.45, 2.75) is 44.9 Å². The molecule has 192 valence electrons. The fourth-order valence-electron chi connectivity index (χ4n) is 6.04. The van der Waals surface area contributed by atoms with E-state index in [1.807, 2.05) is 17.2 Å². The standard InChI is InChI=1S/C27H31Br2ClN4O2/c28-20-12-19-2-1-18-13-21(30)14-22(29)24(18)25(26(19)32-15-20)17-5-9-33(10-6-17)23(35)11-16-3-7-34(8-4-16)27(31)36/h12-17,32H,1-11H2,(H2,31,36). The number of urea groups is 1. The summed E-state index contributed by atoms with van der Waals surface area (Å²) in [7, 11) is 0. The van der Waals surface area contributed by atoms with E-state index in [-0.39, 0.29) is 11.9 Å². The second kappa shape index (κ2) is 10.9. The first kappa shape index (κ1) is 25.9. The number of likely N-dealkylation sites (tertiary alicyclic amines) is 2. The van der Waals surface area contributed by atoms with Gasteiger partial charge >= 0.3 is 6.03 Å². The van der Waals surface area contributed by atoms with Gasteiger partial charge in [0, 0.05) is 58.5 Å². The Bertz CT molecular complexity index is 1160. The second-order valence-electron chi connectivity index (χ2n) is 10.2. The van der Waals surface area contributed by atoms with Crippen LogP contribution in [0.2, 0.25) is 5.02 Å². The Balaban J connectivity index is 1.32. The van der Waals surface area contributed by atoms with E-state index in [0.717, 1.165) is 65.6 Å². The molecule has 2 saturated heterocycles. The summed E-state index contributed by atoms with van der Waals surface area (Å²) in [5.41, 5.74) is 11.8. The fraction of sp³-hybridized carbons (Fsp3) is 0.481. The highest BCUT2D eigenvalue weighted by Crippen LogP contribution is 2.45. The van der Waals surface area contributed by atoms with E-state index in [1.54, 1.807) is 4.90 Å². The number of carbonyl (C=O) groups excluding carboxylic acids is 2. The molecule has 5 rings (SSSR count). The zero-order chi connectivity index (χ0) is 25.4. The number of carbonyl (C=O) groups is 2. The van der Waals surface area contributed by atoms with Gasteiger partial charge in [-0.1, -0.05) is 27.5 Å². The summed E-state index contributed by atoms with van der Waals surface area (Å²) in [5.74, 6) is 0.911. The van der Waals surface area contributed by atoms with Crippen molar-refractivity contribution < 1.29 is 9.59 Å². The molecule has 0 aromatic heterocycles. The minimum atomic E-state index is -0.362. The number of primary amides is 1. The number of aryl methyl sites for hydroxylation is 1. The van der Waals surface area contributed by atoms with Crippen molar-refractivity contribution in [3.63, 3.8) is 0 Å². The molecule has 36 heavy (non-hydrogen) atoms. The van der Waals surface area contributed by atoms with Gasteiger partial charge in [0.2, 0.25) is 5.91 Å². The fourth-order valence-corrected chi connectivity index (χ4v) is 7.52. The average Bonchev–Trinajstić information content (AvgIpc) is 3.01. The first-order valence-corrected chi connectivity index (χ1v) is 14.6. The number of allylic oxidation sites excluding steroid dienone is 4. The van der Waals surface area contributed by atoms with Gasteiger partial charge in [0.05, 0.1) is 0 Å². The molecule has 0 radical (unpaired) electrons. The van der Waals surface area contributed by atoms with Crippen LogP contribution < -0.4 is 11.1 Å². The molecule has 9 heteroatoms. The molecule has 3 aliphatic heterocycles. The number of nitrogens with zero attached hydrogens (tertiary/aromatic N) is 2. The molecule has 1 aromatic carbocycles. The predicted octanol–water partition coefficient (Wildman–Crippen LogP) is 5.95. The van der Waals surface area contributed by atoms with Gasteiger partial charge in [-0.3, -0.25) is 4.79 Å². The molecule has 1 aromatic rings. The lowest BCUT2D eigenvalue weighted by atomic mass is 9.81. The molecule has 0 unspecified atom stereocenters. The molecule has 3 amide bonds. The third kappa shape index (κ3) is 5.41. The number of piperidine rings is 2. The van der Waals surface area contributed by atoms with Crippen molar-refractivity contribution in [3.05, 3.63) is 60.8 Å². The first-order chi connectivity index (χ1) is 17.3. The van der Waals surface area contributed by atoms with Crippen LogP contribution in [0.1, 0.15) is 49.7 Å². The SMILES string of the molecule is NC(=O)N1CCC(CC(=O)N2CCC(C3=C4NC=C(Br)C=C4CCc4cc(Cl)cc(Br)c43)CC2)CC1. The lowest BCUT2D eigenvalue weighted by molar-refractivity contribution is -0.133. The van der Waals surface area contributed by atoms with Crippen LogP contribution in [0.15, 0.2) is 44.6 Å². The highest BCUT2D eigenvalue weighted by atomic mass is 79.9.